The highest BCUT2D eigenvalue weighted by atomic mass is 35.5. The average molecular weight is 555 g/mol. The molecule has 4 aromatic rings. The number of hydrogen-bond donors (Lipinski definition) is 2. The number of hydrogen-bond acceptors (Lipinski definition) is 3. The second kappa shape index (κ2) is 11.1. The number of nitrogens with one attached hydrogen (secondary N) is 2. The van der Waals surface area contributed by atoms with Gasteiger partial charge in [-0.15, -0.1) is 0 Å². The first-order chi connectivity index (χ1) is 18.7. The quantitative estimate of drug-likeness (QED) is 0.266. The SMILES string of the molecule is O=C(Nc1cccc2c1cnn2-c1ccc(C(F)(F)F)cc1)c1cc(CNC(=O)C2CCCCC2)ccc1Cl. The Hall–Kier alpha value is -3.85. The summed E-state index contributed by atoms with van der Waals surface area (Å²) in [6.45, 7) is 0.294. The van der Waals surface area contributed by atoms with Gasteiger partial charge in [0.25, 0.3) is 5.91 Å². The summed E-state index contributed by atoms with van der Waals surface area (Å²) in [5.41, 5.74) is 1.80. The number of carbonyl (C=O) groups is 2. The lowest BCUT2D eigenvalue weighted by Gasteiger charge is -2.20. The Morgan fingerprint density at radius 2 is 1.74 bits per heavy atom. The van der Waals surface area contributed by atoms with Crippen molar-refractivity contribution in [1.29, 1.82) is 0 Å². The molecule has 0 unspecified atom stereocenters. The van der Waals surface area contributed by atoms with Crippen LogP contribution in [0.5, 0.6) is 0 Å². The van der Waals surface area contributed by atoms with Crippen molar-refractivity contribution in [2.45, 2.75) is 44.8 Å². The maximum Gasteiger partial charge on any atom is 0.416 e. The monoisotopic (exact) mass is 554 g/mol. The fourth-order valence-corrected chi connectivity index (χ4v) is 5.11. The number of halogens is 4. The zero-order valence-corrected chi connectivity index (χ0v) is 21.6. The molecule has 1 aliphatic carbocycles. The van der Waals surface area contributed by atoms with E-state index in [1.54, 1.807) is 42.6 Å². The second-order valence-electron chi connectivity index (χ2n) is 9.66. The molecule has 1 aliphatic rings. The number of anilines is 1. The Bertz CT molecular complexity index is 1510. The first-order valence-corrected chi connectivity index (χ1v) is 13.1. The minimum atomic E-state index is -4.43. The molecule has 2 amide bonds. The number of rotatable bonds is 6. The summed E-state index contributed by atoms with van der Waals surface area (Å²) in [5, 5.41) is 11.0. The van der Waals surface area contributed by atoms with E-state index in [1.807, 2.05) is 0 Å². The van der Waals surface area contributed by atoms with Gasteiger partial charge in [0.2, 0.25) is 5.91 Å². The summed E-state index contributed by atoms with van der Waals surface area (Å²) in [5.74, 6) is -0.361. The molecule has 1 saturated carbocycles. The Kier molecular flexibility index (Phi) is 7.61. The van der Waals surface area contributed by atoms with Gasteiger partial charge in [-0.3, -0.25) is 9.59 Å². The van der Waals surface area contributed by atoms with Gasteiger partial charge in [-0.2, -0.15) is 18.3 Å². The van der Waals surface area contributed by atoms with Crippen molar-refractivity contribution >= 4 is 40.0 Å². The van der Waals surface area contributed by atoms with Gasteiger partial charge in [-0.05, 0) is 66.9 Å². The average Bonchev–Trinajstić information content (AvgIpc) is 3.37. The van der Waals surface area contributed by atoms with Crippen molar-refractivity contribution in [3.05, 3.63) is 88.6 Å². The number of alkyl halides is 3. The molecule has 5 rings (SSSR count). The fraction of sp³-hybridized carbons (Fsp3) is 0.276. The van der Waals surface area contributed by atoms with Crippen molar-refractivity contribution in [2.75, 3.05) is 5.32 Å². The van der Waals surface area contributed by atoms with E-state index in [0.29, 0.717) is 28.8 Å². The molecule has 0 atom stereocenters. The highest BCUT2D eigenvalue weighted by molar-refractivity contribution is 6.34. The van der Waals surface area contributed by atoms with Gasteiger partial charge in [0.1, 0.15) is 0 Å². The number of aromatic nitrogens is 2. The first-order valence-electron chi connectivity index (χ1n) is 12.7. The van der Waals surface area contributed by atoms with Crippen molar-refractivity contribution in [2.24, 2.45) is 5.92 Å². The van der Waals surface area contributed by atoms with Crippen molar-refractivity contribution in [3.8, 4) is 5.69 Å². The molecule has 0 bridgehead atoms. The van der Waals surface area contributed by atoms with Crippen LogP contribution >= 0.6 is 11.6 Å². The highest BCUT2D eigenvalue weighted by Gasteiger charge is 2.30. The van der Waals surface area contributed by atoms with Crippen LogP contribution in [-0.2, 0) is 17.5 Å². The number of fused-ring (bicyclic) bond motifs is 1. The molecule has 1 fully saturated rings. The first kappa shape index (κ1) is 26.7. The van der Waals surface area contributed by atoms with E-state index in [0.717, 1.165) is 43.4 Å². The molecular weight excluding hydrogens is 529 g/mol. The van der Waals surface area contributed by atoms with Gasteiger partial charge in [0.15, 0.2) is 0 Å². The van der Waals surface area contributed by atoms with Crippen LogP contribution in [0.25, 0.3) is 16.6 Å². The minimum Gasteiger partial charge on any atom is -0.352 e. The summed E-state index contributed by atoms with van der Waals surface area (Å²) >= 11 is 6.34. The van der Waals surface area contributed by atoms with Gasteiger partial charge in [-0.25, -0.2) is 4.68 Å². The summed E-state index contributed by atoms with van der Waals surface area (Å²) in [6.07, 6.45) is 2.23. The lowest BCUT2D eigenvalue weighted by Crippen LogP contribution is -2.31. The third-order valence-electron chi connectivity index (χ3n) is 7.02. The summed E-state index contributed by atoms with van der Waals surface area (Å²) < 4.78 is 40.4. The standard InChI is InChI=1S/C29H26ClF3N4O2/c30-24-14-9-18(16-34-27(38)19-5-2-1-3-6-19)15-22(24)28(39)36-25-7-4-8-26-23(25)17-35-37(26)21-12-10-20(11-13-21)29(31,32)33/h4,7-15,17,19H,1-3,5-6,16H2,(H,34,38)(H,36,39). The van der Waals surface area contributed by atoms with Crippen LogP contribution in [0.1, 0.15) is 53.6 Å². The smallest absolute Gasteiger partial charge is 0.352 e. The van der Waals surface area contributed by atoms with Crippen LogP contribution in [0.15, 0.2) is 66.9 Å². The lowest BCUT2D eigenvalue weighted by atomic mass is 9.88. The van der Waals surface area contributed by atoms with Crippen LogP contribution in [-0.4, -0.2) is 21.6 Å². The van der Waals surface area contributed by atoms with Crippen molar-refractivity contribution in [1.82, 2.24) is 15.1 Å². The number of nitrogens with zero attached hydrogens (tertiary/aromatic N) is 2. The molecule has 2 N–H and O–H groups in total. The molecule has 0 aliphatic heterocycles. The predicted octanol–water partition coefficient (Wildman–Crippen LogP) is 7.15. The zero-order chi connectivity index (χ0) is 27.6. The van der Waals surface area contributed by atoms with E-state index in [-0.39, 0.29) is 22.4 Å². The molecule has 0 spiro atoms. The molecule has 202 valence electrons. The maximum atomic E-state index is 13.2. The van der Waals surface area contributed by atoms with Gasteiger partial charge in [0.05, 0.1) is 39.2 Å². The molecule has 3 aromatic carbocycles. The van der Waals surface area contributed by atoms with Crippen molar-refractivity contribution in [3.63, 3.8) is 0 Å². The topological polar surface area (TPSA) is 76.0 Å². The minimum absolute atomic E-state index is 0.0346. The van der Waals surface area contributed by atoms with E-state index >= 15 is 0 Å². The van der Waals surface area contributed by atoms with Crippen molar-refractivity contribution < 1.29 is 22.8 Å². The maximum absolute atomic E-state index is 13.2. The number of benzene rings is 3. The summed E-state index contributed by atoms with van der Waals surface area (Å²) in [7, 11) is 0. The molecule has 1 aromatic heterocycles. The van der Waals surface area contributed by atoms with Gasteiger partial charge < -0.3 is 10.6 Å². The zero-order valence-electron chi connectivity index (χ0n) is 20.9. The molecular formula is C29H26ClF3N4O2. The Morgan fingerprint density at radius 1 is 1.00 bits per heavy atom. The Labute approximate surface area is 228 Å². The number of carbonyl (C=O) groups excluding carboxylic acids is 2. The Morgan fingerprint density at radius 3 is 2.46 bits per heavy atom. The van der Waals surface area contributed by atoms with E-state index in [9.17, 15) is 22.8 Å². The lowest BCUT2D eigenvalue weighted by molar-refractivity contribution is -0.137. The van der Waals surface area contributed by atoms with Gasteiger partial charge in [-0.1, -0.05) is 43.0 Å². The third kappa shape index (κ3) is 5.93. The predicted molar refractivity (Wildman–Crippen MR) is 144 cm³/mol. The highest BCUT2D eigenvalue weighted by Crippen LogP contribution is 2.31. The van der Waals surface area contributed by atoms with E-state index in [1.165, 1.54) is 23.2 Å². The molecule has 0 saturated heterocycles. The Balaban J connectivity index is 1.32. The largest absolute Gasteiger partial charge is 0.416 e. The van der Waals surface area contributed by atoms with Gasteiger partial charge >= 0.3 is 6.18 Å². The van der Waals surface area contributed by atoms with Crippen LogP contribution in [0.3, 0.4) is 0 Å². The van der Waals surface area contributed by atoms with Crippen LogP contribution in [0.2, 0.25) is 5.02 Å². The van der Waals surface area contributed by atoms with E-state index in [4.69, 9.17) is 11.6 Å². The molecule has 39 heavy (non-hydrogen) atoms. The third-order valence-corrected chi connectivity index (χ3v) is 7.35. The molecule has 6 nitrogen and oxygen atoms in total. The summed E-state index contributed by atoms with van der Waals surface area (Å²) in [4.78, 5) is 25.7. The fourth-order valence-electron chi connectivity index (χ4n) is 4.90. The van der Waals surface area contributed by atoms with Gasteiger partial charge in [0, 0.05) is 17.8 Å². The van der Waals surface area contributed by atoms with Crippen LogP contribution in [0, 0.1) is 5.92 Å². The molecule has 10 heteroatoms. The molecule has 1 heterocycles. The summed E-state index contributed by atoms with van der Waals surface area (Å²) in [6, 6.07) is 14.9. The van der Waals surface area contributed by atoms with Crippen LogP contribution in [0.4, 0.5) is 18.9 Å². The van der Waals surface area contributed by atoms with E-state index in [2.05, 4.69) is 15.7 Å². The molecule has 0 radical (unpaired) electrons. The normalized spacial score (nSPS) is 14.4. The second-order valence-corrected chi connectivity index (χ2v) is 10.1. The van der Waals surface area contributed by atoms with Crippen LogP contribution < -0.4 is 10.6 Å². The van der Waals surface area contributed by atoms with E-state index < -0.39 is 17.6 Å². The number of amides is 2.